The van der Waals surface area contributed by atoms with E-state index in [2.05, 4.69) is 21.3 Å². The van der Waals surface area contributed by atoms with Gasteiger partial charge in [-0.05, 0) is 36.7 Å². The molecule has 0 amide bonds. The zero-order valence-corrected chi connectivity index (χ0v) is 11.9. The van der Waals surface area contributed by atoms with Crippen molar-refractivity contribution in [3.8, 4) is 11.5 Å². The predicted octanol–water partition coefficient (Wildman–Crippen LogP) is 2.97. The first kappa shape index (κ1) is 11.5. The summed E-state index contributed by atoms with van der Waals surface area (Å²) in [7, 11) is 1.92. The van der Waals surface area contributed by atoms with Gasteiger partial charge in [0, 0.05) is 18.9 Å². The summed E-state index contributed by atoms with van der Waals surface area (Å²) in [5.74, 6) is 2.40. The van der Waals surface area contributed by atoms with Crippen LogP contribution in [0.2, 0.25) is 0 Å². The minimum Gasteiger partial charge on any atom is -0.339 e. The summed E-state index contributed by atoms with van der Waals surface area (Å²) in [5.41, 5.74) is 2.38. The van der Waals surface area contributed by atoms with Crippen LogP contribution in [0.1, 0.15) is 25.2 Å². The van der Waals surface area contributed by atoms with E-state index in [0.717, 1.165) is 34.8 Å². The molecule has 5 heteroatoms. The molecule has 3 saturated carbocycles. The lowest BCUT2D eigenvalue weighted by atomic mass is 9.43. The van der Waals surface area contributed by atoms with Crippen LogP contribution in [0.4, 0.5) is 0 Å². The van der Waals surface area contributed by atoms with Crippen molar-refractivity contribution in [1.29, 1.82) is 0 Å². The predicted molar refractivity (Wildman–Crippen MR) is 77.5 cm³/mol. The first-order valence-electron chi connectivity index (χ1n) is 7.47. The van der Waals surface area contributed by atoms with E-state index in [1.54, 1.807) is 0 Å². The molecule has 0 atom stereocenters. The molecule has 2 heterocycles. The Labute approximate surface area is 122 Å². The maximum absolute atomic E-state index is 5.49. The summed E-state index contributed by atoms with van der Waals surface area (Å²) in [5, 5.41) is 9.75. The first-order chi connectivity index (χ1) is 10.2. The molecule has 0 aliphatic heterocycles. The van der Waals surface area contributed by atoms with Crippen LogP contribution in [0, 0.1) is 11.3 Å². The van der Waals surface area contributed by atoms with Crippen molar-refractivity contribution in [2.45, 2.75) is 25.7 Å². The van der Waals surface area contributed by atoms with Gasteiger partial charge < -0.3 is 4.52 Å². The quantitative estimate of drug-likeness (QED) is 0.740. The number of hydrogen-bond acceptors (Lipinski definition) is 4. The zero-order chi connectivity index (χ0) is 14.0. The maximum atomic E-state index is 5.49. The lowest BCUT2D eigenvalue weighted by Crippen LogP contribution is -2.52. The monoisotopic (exact) mass is 280 g/mol. The number of fused-ring (bicyclic) bond motifs is 1. The standard InChI is InChI=1S/C16H16N4O/c1-20-14(11-4-2-3-5-12(11)18-20)15-17-13(21-19-15)9-16-6-10(7-16)8-16/h2-5,10H,6-9H2,1H3. The van der Waals surface area contributed by atoms with Gasteiger partial charge in [-0.1, -0.05) is 23.4 Å². The third-order valence-electron chi connectivity index (χ3n) is 5.11. The second-order valence-electron chi connectivity index (χ2n) is 6.66. The Morgan fingerprint density at radius 3 is 2.86 bits per heavy atom. The van der Waals surface area contributed by atoms with Crippen LogP contribution in [0.5, 0.6) is 0 Å². The number of rotatable bonds is 3. The van der Waals surface area contributed by atoms with Gasteiger partial charge in [0.1, 0.15) is 5.69 Å². The fraction of sp³-hybridized carbons (Fsp3) is 0.438. The zero-order valence-electron chi connectivity index (χ0n) is 11.9. The van der Waals surface area contributed by atoms with E-state index in [9.17, 15) is 0 Å². The van der Waals surface area contributed by atoms with Gasteiger partial charge in [-0.3, -0.25) is 4.68 Å². The summed E-state index contributed by atoms with van der Waals surface area (Å²) in [4.78, 5) is 4.62. The van der Waals surface area contributed by atoms with Gasteiger partial charge in [0.05, 0.1) is 5.52 Å². The van der Waals surface area contributed by atoms with Crippen LogP contribution < -0.4 is 0 Å². The van der Waals surface area contributed by atoms with Crippen LogP contribution >= 0.6 is 0 Å². The number of nitrogens with zero attached hydrogens (tertiary/aromatic N) is 4. The lowest BCUT2D eigenvalue weighted by Gasteiger charge is -2.61. The fourth-order valence-electron chi connectivity index (χ4n) is 4.03. The third-order valence-corrected chi connectivity index (χ3v) is 5.11. The molecular formula is C16H16N4O. The summed E-state index contributed by atoms with van der Waals surface area (Å²) in [6.45, 7) is 0. The van der Waals surface area contributed by atoms with Crippen LogP contribution in [-0.4, -0.2) is 19.9 Å². The van der Waals surface area contributed by atoms with Crippen molar-refractivity contribution in [3.05, 3.63) is 30.2 Å². The van der Waals surface area contributed by atoms with E-state index in [0.29, 0.717) is 11.2 Å². The molecule has 0 spiro atoms. The third kappa shape index (κ3) is 1.54. The average Bonchev–Trinajstić information content (AvgIpc) is 2.95. The van der Waals surface area contributed by atoms with Gasteiger partial charge in [-0.2, -0.15) is 10.1 Å². The van der Waals surface area contributed by atoms with E-state index >= 15 is 0 Å². The minimum atomic E-state index is 0.489. The summed E-state index contributed by atoms with van der Waals surface area (Å²) in [6.07, 6.45) is 4.98. The Morgan fingerprint density at radius 2 is 2.10 bits per heavy atom. The van der Waals surface area contributed by atoms with Crippen LogP contribution in [0.25, 0.3) is 22.4 Å². The maximum Gasteiger partial charge on any atom is 0.227 e. The van der Waals surface area contributed by atoms with Crippen LogP contribution in [0.15, 0.2) is 28.8 Å². The summed E-state index contributed by atoms with van der Waals surface area (Å²) >= 11 is 0. The molecule has 0 N–H and O–H groups in total. The number of benzene rings is 1. The molecule has 1 aromatic carbocycles. The first-order valence-corrected chi connectivity index (χ1v) is 7.47. The molecule has 21 heavy (non-hydrogen) atoms. The number of aryl methyl sites for hydroxylation is 1. The molecule has 3 fully saturated rings. The van der Waals surface area contributed by atoms with Gasteiger partial charge in [0.15, 0.2) is 0 Å². The highest BCUT2D eigenvalue weighted by molar-refractivity contribution is 5.91. The topological polar surface area (TPSA) is 56.7 Å². The summed E-state index contributed by atoms with van der Waals surface area (Å²) < 4.78 is 7.32. The highest BCUT2D eigenvalue weighted by Crippen LogP contribution is 2.65. The Morgan fingerprint density at radius 1 is 1.29 bits per heavy atom. The number of aromatic nitrogens is 4. The Bertz CT molecular complexity index is 830. The number of hydrogen-bond donors (Lipinski definition) is 0. The molecule has 3 aromatic rings. The van der Waals surface area contributed by atoms with Crippen molar-refractivity contribution in [3.63, 3.8) is 0 Å². The second kappa shape index (κ2) is 3.72. The Hall–Kier alpha value is -2.17. The van der Waals surface area contributed by atoms with Crippen LogP contribution in [0.3, 0.4) is 0 Å². The molecular weight excluding hydrogens is 264 g/mol. The van der Waals surface area contributed by atoms with Crippen molar-refractivity contribution in [2.75, 3.05) is 0 Å². The minimum absolute atomic E-state index is 0.489. The Kier molecular flexibility index (Phi) is 2.04. The van der Waals surface area contributed by atoms with Crippen molar-refractivity contribution in [2.24, 2.45) is 18.4 Å². The molecule has 2 aromatic heterocycles. The molecule has 6 rings (SSSR count). The van der Waals surface area contributed by atoms with E-state index in [1.807, 2.05) is 29.9 Å². The van der Waals surface area contributed by atoms with Gasteiger partial charge in [0.25, 0.3) is 0 Å². The van der Waals surface area contributed by atoms with E-state index < -0.39 is 0 Å². The van der Waals surface area contributed by atoms with E-state index in [4.69, 9.17) is 4.52 Å². The van der Waals surface area contributed by atoms with Gasteiger partial charge in [0.2, 0.25) is 11.7 Å². The smallest absolute Gasteiger partial charge is 0.227 e. The largest absolute Gasteiger partial charge is 0.339 e. The highest BCUT2D eigenvalue weighted by atomic mass is 16.5. The normalized spacial score (nSPS) is 26.6. The second-order valence-corrected chi connectivity index (χ2v) is 6.66. The highest BCUT2D eigenvalue weighted by Gasteiger charge is 2.56. The van der Waals surface area contributed by atoms with Crippen molar-refractivity contribution in [1.82, 2.24) is 19.9 Å². The lowest BCUT2D eigenvalue weighted by molar-refractivity contribution is -0.109. The molecule has 3 aliphatic carbocycles. The summed E-state index contributed by atoms with van der Waals surface area (Å²) in [6, 6.07) is 8.05. The molecule has 106 valence electrons. The SMILES string of the molecule is Cn1nc2ccccc2c1-c1noc(CC23CC(C2)C3)n1. The molecule has 0 unspecified atom stereocenters. The van der Waals surface area contributed by atoms with E-state index in [-0.39, 0.29) is 0 Å². The van der Waals surface area contributed by atoms with Crippen LogP contribution in [-0.2, 0) is 13.5 Å². The molecule has 5 nitrogen and oxygen atoms in total. The molecule has 3 aliphatic rings. The molecule has 0 saturated heterocycles. The molecule has 0 radical (unpaired) electrons. The van der Waals surface area contributed by atoms with Gasteiger partial charge in [-0.15, -0.1) is 0 Å². The van der Waals surface area contributed by atoms with Gasteiger partial charge in [-0.25, -0.2) is 0 Å². The fourth-order valence-corrected chi connectivity index (χ4v) is 4.03. The molecule has 2 bridgehead atoms. The van der Waals surface area contributed by atoms with Crippen molar-refractivity contribution < 1.29 is 4.52 Å². The average molecular weight is 280 g/mol. The van der Waals surface area contributed by atoms with E-state index in [1.165, 1.54) is 19.3 Å². The van der Waals surface area contributed by atoms with Gasteiger partial charge >= 0.3 is 0 Å². The Balaban J connectivity index is 1.54. The van der Waals surface area contributed by atoms with Crippen molar-refractivity contribution >= 4 is 10.9 Å².